The number of allylic oxidation sites excluding steroid dienone is 1. The SMILES string of the molecule is C/C([O-])=C/C(=O)N(C)C. The Balaban J connectivity index is 3.93. The highest BCUT2D eigenvalue weighted by atomic mass is 16.3. The molecule has 0 N–H and O–H groups in total. The van der Waals surface area contributed by atoms with Crippen LogP contribution in [0.2, 0.25) is 0 Å². The minimum atomic E-state index is -0.262. The number of likely N-dealkylation sites (N-methyl/N-ethyl adjacent to an activating group) is 1. The topological polar surface area (TPSA) is 43.4 Å². The maximum atomic E-state index is 10.6. The molecule has 3 heteroatoms. The highest BCUT2D eigenvalue weighted by Crippen LogP contribution is 1.83. The van der Waals surface area contributed by atoms with Gasteiger partial charge in [-0.1, -0.05) is 6.92 Å². The molecule has 0 aliphatic rings. The van der Waals surface area contributed by atoms with E-state index in [4.69, 9.17) is 0 Å². The molecule has 0 atom stereocenters. The van der Waals surface area contributed by atoms with Crippen molar-refractivity contribution < 1.29 is 9.90 Å². The molecule has 0 aromatic carbocycles. The van der Waals surface area contributed by atoms with Crippen LogP contribution in [0.25, 0.3) is 0 Å². The van der Waals surface area contributed by atoms with Crippen molar-refractivity contribution in [3.05, 3.63) is 11.8 Å². The number of rotatable bonds is 1. The first-order valence-corrected chi connectivity index (χ1v) is 2.60. The third-order valence-corrected chi connectivity index (χ3v) is 0.768. The average molecular weight is 128 g/mol. The molecule has 0 rings (SSSR count). The number of amides is 1. The second-order valence-corrected chi connectivity index (χ2v) is 1.99. The van der Waals surface area contributed by atoms with Crippen LogP contribution < -0.4 is 5.11 Å². The molecule has 0 heterocycles. The Hall–Kier alpha value is -0.990. The Morgan fingerprint density at radius 3 is 2.11 bits per heavy atom. The van der Waals surface area contributed by atoms with Gasteiger partial charge in [0.15, 0.2) is 0 Å². The molecular formula is C6H10NO2-. The summed E-state index contributed by atoms with van der Waals surface area (Å²) in [6, 6.07) is 0. The van der Waals surface area contributed by atoms with E-state index in [0.29, 0.717) is 0 Å². The van der Waals surface area contributed by atoms with E-state index < -0.39 is 0 Å². The van der Waals surface area contributed by atoms with E-state index in [-0.39, 0.29) is 11.7 Å². The first-order chi connectivity index (χ1) is 4.04. The van der Waals surface area contributed by atoms with E-state index in [9.17, 15) is 9.90 Å². The summed E-state index contributed by atoms with van der Waals surface area (Å²) in [6.07, 6.45) is 1.06. The lowest BCUT2D eigenvalue weighted by atomic mass is 10.4. The summed E-state index contributed by atoms with van der Waals surface area (Å²) in [5, 5.41) is 10.3. The highest BCUT2D eigenvalue weighted by molar-refractivity contribution is 5.87. The molecule has 52 valence electrons. The van der Waals surface area contributed by atoms with Crippen molar-refractivity contribution in [2.24, 2.45) is 0 Å². The van der Waals surface area contributed by atoms with E-state index >= 15 is 0 Å². The van der Waals surface area contributed by atoms with Gasteiger partial charge in [0.1, 0.15) is 0 Å². The van der Waals surface area contributed by atoms with Gasteiger partial charge in [0.2, 0.25) is 5.91 Å². The van der Waals surface area contributed by atoms with E-state index in [0.717, 1.165) is 6.08 Å². The molecule has 3 nitrogen and oxygen atoms in total. The van der Waals surface area contributed by atoms with Crippen LogP contribution in [-0.2, 0) is 4.79 Å². The molecule has 0 saturated carbocycles. The van der Waals surface area contributed by atoms with Gasteiger partial charge in [0.05, 0.1) is 0 Å². The summed E-state index contributed by atoms with van der Waals surface area (Å²) in [4.78, 5) is 12.0. The van der Waals surface area contributed by atoms with Gasteiger partial charge >= 0.3 is 0 Å². The summed E-state index contributed by atoms with van der Waals surface area (Å²) in [7, 11) is 3.20. The molecule has 9 heavy (non-hydrogen) atoms. The van der Waals surface area contributed by atoms with Crippen molar-refractivity contribution in [2.45, 2.75) is 6.92 Å². The van der Waals surface area contributed by atoms with Crippen molar-refractivity contribution >= 4 is 5.91 Å². The van der Waals surface area contributed by atoms with E-state index in [1.165, 1.54) is 11.8 Å². The van der Waals surface area contributed by atoms with Crippen LogP contribution >= 0.6 is 0 Å². The molecule has 0 bridgehead atoms. The zero-order chi connectivity index (χ0) is 7.44. The van der Waals surface area contributed by atoms with Crippen LogP contribution in [0.3, 0.4) is 0 Å². The molecule has 1 amide bonds. The monoisotopic (exact) mass is 128 g/mol. The van der Waals surface area contributed by atoms with Crippen molar-refractivity contribution in [3.63, 3.8) is 0 Å². The number of hydrogen-bond acceptors (Lipinski definition) is 2. The summed E-state index contributed by atoms with van der Waals surface area (Å²) in [5.74, 6) is -0.476. The van der Waals surface area contributed by atoms with Gasteiger partial charge in [-0.2, -0.15) is 0 Å². The average Bonchev–Trinajstić information content (AvgIpc) is 1.63. The highest BCUT2D eigenvalue weighted by Gasteiger charge is 1.94. The lowest BCUT2D eigenvalue weighted by Crippen LogP contribution is -2.20. The lowest BCUT2D eigenvalue weighted by molar-refractivity contribution is -0.301. The van der Waals surface area contributed by atoms with Gasteiger partial charge in [0, 0.05) is 14.1 Å². The molecule has 0 saturated heterocycles. The first kappa shape index (κ1) is 8.01. The molecule has 0 radical (unpaired) electrons. The number of carbonyl (C=O) groups excluding carboxylic acids is 1. The van der Waals surface area contributed by atoms with Crippen LogP contribution in [0.5, 0.6) is 0 Å². The fourth-order valence-corrected chi connectivity index (χ4v) is 0.303. The van der Waals surface area contributed by atoms with Gasteiger partial charge in [-0.05, 0) is 6.08 Å². The predicted octanol–water partition coefficient (Wildman–Crippen LogP) is -0.661. The third-order valence-electron chi connectivity index (χ3n) is 0.768. The van der Waals surface area contributed by atoms with Gasteiger partial charge < -0.3 is 10.0 Å². The summed E-state index contributed by atoms with van der Waals surface area (Å²) in [6.45, 7) is 1.35. The molecular weight excluding hydrogens is 118 g/mol. The maximum Gasteiger partial charge on any atom is 0.245 e. The van der Waals surface area contributed by atoms with Crippen molar-refractivity contribution in [1.82, 2.24) is 4.90 Å². The normalized spacial score (nSPS) is 11.2. The number of hydrogen-bond donors (Lipinski definition) is 0. The molecule has 0 aromatic rings. The largest absolute Gasteiger partial charge is 0.875 e. The second kappa shape index (κ2) is 3.12. The van der Waals surface area contributed by atoms with Gasteiger partial charge in [0.25, 0.3) is 0 Å². The summed E-state index contributed by atoms with van der Waals surface area (Å²) in [5.41, 5.74) is 0. The van der Waals surface area contributed by atoms with Crippen LogP contribution in [0.4, 0.5) is 0 Å². The minimum Gasteiger partial charge on any atom is -0.875 e. The standard InChI is InChI=1S/C6H11NO2/c1-5(8)4-6(9)7(2)3/h4,8H,1-3H3/p-1/b5-4-. The van der Waals surface area contributed by atoms with Crippen LogP contribution in [0, 0.1) is 0 Å². The molecule has 0 fully saturated rings. The molecule has 0 aromatic heterocycles. The van der Waals surface area contributed by atoms with Crippen molar-refractivity contribution in [2.75, 3.05) is 14.1 Å². The minimum absolute atomic E-state index is 0.214. The van der Waals surface area contributed by atoms with Crippen LogP contribution in [0.15, 0.2) is 11.8 Å². The summed E-state index contributed by atoms with van der Waals surface area (Å²) >= 11 is 0. The number of carbonyl (C=O) groups is 1. The van der Waals surface area contributed by atoms with Gasteiger partial charge in [-0.15, -0.1) is 5.76 Å². The molecule has 0 unspecified atom stereocenters. The van der Waals surface area contributed by atoms with Crippen molar-refractivity contribution in [1.29, 1.82) is 0 Å². The molecule has 0 aliphatic carbocycles. The first-order valence-electron chi connectivity index (χ1n) is 2.60. The smallest absolute Gasteiger partial charge is 0.245 e. The predicted molar refractivity (Wildman–Crippen MR) is 32.5 cm³/mol. The van der Waals surface area contributed by atoms with E-state index in [1.807, 2.05) is 0 Å². The Labute approximate surface area is 54.6 Å². The Morgan fingerprint density at radius 1 is 1.56 bits per heavy atom. The maximum absolute atomic E-state index is 10.6. The van der Waals surface area contributed by atoms with Crippen molar-refractivity contribution in [3.8, 4) is 0 Å². The number of nitrogens with zero attached hydrogens (tertiary/aromatic N) is 1. The second-order valence-electron chi connectivity index (χ2n) is 1.99. The fourth-order valence-electron chi connectivity index (χ4n) is 0.303. The van der Waals surface area contributed by atoms with E-state index in [1.54, 1.807) is 14.1 Å². The van der Waals surface area contributed by atoms with Crippen LogP contribution in [0.1, 0.15) is 6.92 Å². The fraction of sp³-hybridized carbons (Fsp3) is 0.500. The van der Waals surface area contributed by atoms with E-state index in [2.05, 4.69) is 0 Å². The summed E-state index contributed by atoms with van der Waals surface area (Å²) < 4.78 is 0. The Bertz CT molecular complexity index is 134. The molecule has 0 spiro atoms. The van der Waals surface area contributed by atoms with Gasteiger partial charge in [-0.25, -0.2) is 0 Å². The molecule has 0 aliphatic heterocycles. The Kier molecular flexibility index (Phi) is 2.78. The van der Waals surface area contributed by atoms with Crippen LogP contribution in [-0.4, -0.2) is 24.9 Å². The Morgan fingerprint density at radius 2 is 2.00 bits per heavy atom. The van der Waals surface area contributed by atoms with Gasteiger partial charge in [-0.3, -0.25) is 4.79 Å². The third kappa shape index (κ3) is 3.58. The lowest BCUT2D eigenvalue weighted by Gasteiger charge is -2.08. The zero-order valence-electron chi connectivity index (χ0n) is 5.84. The zero-order valence-corrected chi connectivity index (χ0v) is 5.84. The quantitative estimate of drug-likeness (QED) is 0.347.